The van der Waals surface area contributed by atoms with Crippen LogP contribution in [-0.2, 0) is 25.6 Å². The van der Waals surface area contributed by atoms with Gasteiger partial charge in [0.05, 0.1) is 6.42 Å². The van der Waals surface area contributed by atoms with Gasteiger partial charge in [-0.2, -0.15) is 8.78 Å². The highest BCUT2D eigenvalue weighted by Crippen LogP contribution is 2.24. The average Bonchev–Trinajstić information content (AvgIpc) is 3.27. The second-order valence-electron chi connectivity index (χ2n) is 8.01. The lowest BCUT2D eigenvalue weighted by Gasteiger charge is -2.16. The zero-order valence-electron chi connectivity index (χ0n) is 20.4. The van der Waals surface area contributed by atoms with Crippen molar-refractivity contribution in [1.82, 2.24) is 5.32 Å². The first-order valence-electron chi connectivity index (χ1n) is 10.7. The number of hydrogen-bond donors (Lipinski definition) is 6. The summed E-state index contributed by atoms with van der Waals surface area (Å²) < 4.78 is 41.6. The molecular weight excluding hydrogens is 551 g/mol. The fraction of sp³-hybridized carbons (Fsp3) is 0.304. The molecule has 0 saturated carbocycles. The summed E-state index contributed by atoms with van der Waals surface area (Å²) in [5, 5.41) is 34.7. The van der Waals surface area contributed by atoms with Gasteiger partial charge in [0.2, 0.25) is 5.91 Å². The number of thiophene rings is 1. The minimum absolute atomic E-state index is 0.140. The highest BCUT2D eigenvalue weighted by molar-refractivity contribution is 7.13. The number of hydrogen-bond acceptors (Lipinski definition) is 8. The lowest BCUT2D eigenvalue weighted by Crippen LogP contribution is -2.44. The van der Waals surface area contributed by atoms with Gasteiger partial charge in [-0.1, -0.05) is 6.92 Å². The summed E-state index contributed by atoms with van der Waals surface area (Å²) in [6.45, 7) is 1.86. The van der Waals surface area contributed by atoms with Crippen molar-refractivity contribution >= 4 is 47.0 Å². The number of carbonyl (C=O) groups excluding carboxylic acids is 2. The van der Waals surface area contributed by atoms with Gasteiger partial charge in [0.1, 0.15) is 16.8 Å². The van der Waals surface area contributed by atoms with Crippen molar-refractivity contribution in [2.45, 2.75) is 38.7 Å². The maximum atomic E-state index is 14.0. The molecule has 1 aromatic heterocycles. The molecule has 1 amide bonds. The molecule has 212 valence electrons. The number of carbonyl (C=O) groups is 5. The Morgan fingerprint density at radius 2 is 1.72 bits per heavy atom. The van der Waals surface area contributed by atoms with E-state index in [0.717, 1.165) is 17.4 Å². The average molecular weight is 576 g/mol. The molecule has 0 radical (unpaired) electrons. The van der Waals surface area contributed by atoms with Crippen molar-refractivity contribution in [1.29, 1.82) is 5.41 Å². The number of amidine groups is 1. The molecule has 0 aliphatic heterocycles. The predicted octanol–water partition coefficient (Wildman–Crippen LogP) is 2.34. The number of ether oxygens (including phenoxy) is 1. The molecule has 1 aromatic carbocycles. The van der Waals surface area contributed by atoms with Crippen LogP contribution >= 0.6 is 11.3 Å². The van der Waals surface area contributed by atoms with Gasteiger partial charge in [0.25, 0.3) is 0 Å². The molecule has 7 N–H and O–H groups in total. The molecule has 2 rings (SSSR count). The topological polar surface area (TPSA) is 217 Å². The summed E-state index contributed by atoms with van der Waals surface area (Å²) in [6, 6.07) is 4.95. The Morgan fingerprint density at radius 1 is 1.13 bits per heavy atom. The monoisotopic (exact) mass is 575 g/mol. The molecule has 2 atom stereocenters. The number of halogens is 3. The molecule has 0 bridgehead atoms. The third-order valence-corrected chi connectivity index (χ3v) is 5.72. The number of esters is 1. The highest BCUT2D eigenvalue weighted by atomic mass is 32.1. The van der Waals surface area contributed by atoms with E-state index in [2.05, 4.69) is 5.32 Å². The summed E-state index contributed by atoms with van der Waals surface area (Å²) in [6.07, 6.45) is -0.600. The van der Waals surface area contributed by atoms with Crippen LogP contribution in [0.4, 0.5) is 13.2 Å². The largest absolute Gasteiger partial charge is 0.481 e. The number of amides is 1. The Bertz CT molecular complexity index is 1260. The molecule has 12 nitrogen and oxygen atoms in total. The van der Waals surface area contributed by atoms with Gasteiger partial charge in [0, 0.05) is 23.3 Å². The molecule has 0 saturated heterocycles. The van der Waals surface area contributed by atoms with Crippen molar-refractivity contribution < 1.29 is 57.2 Å². The van der Waals surface area contributed by atoms with E-state index in [1.54, 1.807) is 6.07 Å². The smallest absolute Gasteiger partial charge is 0.374 e. The van der Waals surface area contributed by atoms with E-state index in [1.165, 1.54) is 25.1 Å². The van der Waals surface area contributed by atoms with Crippen LogP contribution in [0.15, 0.2) is 30.3 Å². The Kier molecular flexibility index (Phi) is 11.6. The van der Waals surface area contributed by atoms with Crippen LogP contribution < -0.4 is 15.8 Å². The van der Waals surface area contributed by atoms with E-state index in [-0.39, 0.29) is 28.4 Å². The van der Waals surface area contributed by atoms with E-state index in [9.17, 15) is 37.1 Å². The normalized spacial score (nSPS) is 12.2. The Hall–Kier alpha value is -4.47. The summed E-state index contributed by atoms with van der Waals surface area (Å²) in [5.74, 6) is -12.2. The van der Waals surface area contributed by atoms with Gasteiger partial charge in [0.15, 0.2) is 11.6 Å². The minimum Gasteiger partial charge on any atom is -0.481 e. The fourth-order valence-electron chi connectivity index (χ4n) is 2.58. The van der Waals surface area contributed by atoms with E-state index in [4.69, 9.17) is 31.2 Å². The number of benzene rings is 1. The molecular formula is C23H24F3N3O9S. The summed E-state index contributed by atoms with van der Waals surface area (Å²) in [4.78, 5) is 56.4. The first-order chi connectivity index (χ1) is 17.9. The molecule has 2 aromatic rings. The quantitative estimate of drug-likeness (QED) is 0.0994. The second-order valence-corrected chi connectivity index (χ2v) is 9.18. The molecule has 1 heterocycles. The molecule has 0 aliphatic rings. The Labute approximate surface area is 222 Å². The van der Waals surface area contributed by atoms with Crippen LogP contribution in [0.1, 0.15) is 40.4 Å². The lowest BCUT2D eigenvalue weighted by atomic mass is 10.0. The zero-order valence-corrected chi connectivity index (χ0v) is 21.2. The van der Waals surface area contributed by atoms with E-state index >= 15 is 0 Å². The van der Waals surface area contributed by atoms with Gasteiger partial charge < -0.3 is 31.1 Å². The summed E-state index contributed by atoms with van der Waals surface area (Å²) in [7, 11) is 0. The second kappa shape index (κ2) is 13.9. The van der Waals surface area contributed by atoms with E-state index in [0.29, 0.717) is 11.8 Å². The standard InChI is InChI=1S/C20H20FN3O7S.C3H4F2O2/c1-9(18(27)24-13(19(28)29)8-16(25)26)6-11-3-5-15(32-11)20(30)31-14-4-2-10(17(22)23)7-12(14)21;1-3(4,5)2(6)7/h2-5,7,9,13H,6,8H2,1H3,(H3,22,23)(H,24,27)(H,25,26)(H,28,29);1H3,(H,6,7)/t9?,13-;/m1./s1. The zero-order chi connectivity index (χ0) is 30.1. The predicted molar refractivity (Wildman–Crippen MR) is 130 cm³/mol. The molecule has 16 heteroatoms. The maximum absolute atomic E-state index is 14.0. The lowest BCUT2D eigenvalue weighted by molar-refractivity contribution is -0.162. The molecule has 0 aliphatic carbocycles. The van der Waals surface area contributed by atoms with Gasteiger partial charge in [-0.25, -0.2) is 18.8 Å². The van der Waals surface area contributed by atoms with E-state index < -0.39 is 59.9 Å². The summed E-state index contributed by atoms with van der Waals surface area (Å²) in [5.41, 5.74) is 5.42. The molecule has 0 fully saturated rings. The Balaban J connectivity index is 0.000000956. The third-order valence-electron chi connectivity index (χ3n) is 4.63. The van der Waals surface area contributed by atoms with Crippen molar-refractivity contribution in [2.75, 3.05) is 0 Å². The van der Waals surface area contributed by atoms with Crippen molar-refractivity contribution in [3.63, 3.8) is 0 Å². The number of nitrogen functional groups attached to an aromatic ring is 1. The SMILES string of the molecule is CC(Cc1ccc(C(=O)Oc2ccc(C(=N)N)cc2F)s1)C(=O)N[C@H](CC(=O)O)C(=O)O.CC(F)(F)C(=O)O. The highest BCUT2D eigenvalue weighted by Gasteiger charge is 2.31. The first-order valence-corrected chi connectivity index (χ1v) is 11.5. The number of aliphatic carboxylic acids is 3. The maximum Gasteiger partial charge on any atom is 0.374 e. The molecule has 1 unspecified atom stereocenters. The first kappa shape index (κ1) is 32.6. The van der Waals surface area contributed by atoms with Crippen LogP contribution in [0.2, 0.25) is 0 Å². The number of alkyl halides is 2. The number of carboxylic acids is 3. The van der Waals surface area contributed by atoms with Crippen LogP contribution in [0.25, 0.3) is 0 Å². The van der Waals surface area contributed by atoms with Crippen LogP contribution in [0.3, 0.4) is 0 Å². The summed E-state index contributed by atoms with van der Waals surface area (Å²) >= 11 is 1.01. The number of carboxylic acid groups (broad SMARTS) is 3. The van der Waals surface area contributed by atoms with Gasteiger partial charge >= 0.3 is 29.8 Å². The van der Waals surface area contributed by atoms with E-state index in [1.807, 2.05) is 0 Å². The van der Waals surface area contributed by atoms with Crippen LogP contribution in [-0.4, -0.2) is 62.9 Å². The number of nitrogens with two attached hydrogens (primary N) is 1. The third kappa shape index (κ3) is 10.8. The number of rotatable bonds is 11. The Morgan fingerprint density at radius 3 is 2.18 bits per heavy atom. The van der Waals surface area contributed by atoms with Gasteiger partial charge in [-0.05, 0) is 36.8 Å². The molecule has 39 heavy (non-hydrogen) atoms. The minimum atomic E-state index is -3.58. The van der Waals surface area contributed by atoms with Crippen molar-refractivity contribution in [3.8, 4) is 5.75 Å². The van der Waals surface area contributed by atoms with Crippen molar-refractivity contribution in [2.24, 2.45) is 11.7 Å². The van der Waals surface area contributed by atoms with Gasteiger partial charge in [-0.3, -0.25) is 15.0 Å². The van der Waals surface area contributed by atoms with Crippen LogP contribution in [0, 0.1) is 17.1 Å². The van der Waals surface area contributed by atoms with Crippen LogP contribution in [0.5, 0.6) is 5.75 Å². The van der Waals surface area contributed by atoms with Crippen molar-refractivity contribution in [3.05, 3.63) is 51.5 Å². The number of nitrogens with one attached hydrogen (secondary N) is 2. The molecule has 0 spiro atoms. The fourth-order valence-corrected chi connectivity index (χ4v) is 3.59. The van der Waals surface area contributed by atoms with Gasteiger partial charge in [-0.15, -0.1) is 11.3 Å².